The number of aromatic nitrogens is 2. The van der Waals surface area contributed by atoms with Gasteiger partial charge in [-0.3, -0.25) is 19.1 Å². The van der Waals surface area contributed by atoms with Crippen LogP contribution in [0.3, 0.4) is 0 Å². The molecule has 0 saturated carbocycles. The van der Waals surface area contributed by atoms with Gasteiger partial charge in [0.2, 0.25) is 5.91 Å². The highest BCUT2D eigenvalue weighted by molar-refractivity contribution is 6.31. The molecule has 0 spiro atoms. The van der Waals surface area contributed by atoms with E-state index in [0.29, 0.717) is 28.0 Å². The fourth-order valence-electron chi connectivity index (χ4n) is 2.42. The van der Waals surface area contributed by atoms with Gasteiger partial charge in [-0.15, -0.1) is 0 Å². The molecule has 0 aliphatic rings. The number of hydrogen-bond donors (Lipinski definition) is 1. The second kappa shape index (κ2) is 6.22. The quantitative estimate of drug-likeness (QED) is 0.803. The van der Waals surface area contributed by atoms with Crippen LogP contribution in [0.15, 0.2) is 48.9 Å². The summed E-state index contributed by atoms with van der Waals surface area (Å²) in [4.78, 5) is 28.2. The Kier molecular flexibility index (Phi) is 4.12. The largest absolute Gasteiger partial charge is 0.348 e. The molecule has 5 nitrogen and oxygen atoms in total. The van der Waals surface area contributed by atoms with Crippen LogP contribution < -0.4 is 5.32 Å². The van der Waals surface area contributed by atoms with E-state index in [4.69, 9.17) is 11.6 Å². The van der Waals surface area contributed by atoms with E-state index in [2.05, 4.69) is 10.3 Å². The Morgan fingerprint density at radius 1 is 1.22 bits per heavy atom. The van der Waals surface area contributed by atoms with Crippen molar-refractivity contribution in [3.05, 3.63) is 65.1 Å². The first-order chi connectivity index (χ1) is 11.1. The minimum Gasteiger partial charge on any atom is -0.348 e. The summed E-state index contributed by atoms with van der Waals surface area (Å²) in [6, 6.07) is 8.78. The molecule has 2 aromatic heterocycles. The highest BCUT2D eigenvalue weighted by Gasteiger charge is 2.17. The zero-order valence-corrected chi connectivity index (χ0v) is 13.2. The topological polar surface area (TPSA) is 64.0 Å². The van der Waals surface area contributed by atoms with E-state index in [0.717, 1.165) is 5.56 Å². The maximum Gasteiger partial charge on any atom is 0.253 e. The van der Waals surface area contributed by atoms with Gasteiger partial charge in [-0.2, -0.15) is 0 Å². The third-order valence-electron chi connectivity index (χ3n) is 3.55. The molecule has 3 aromatic rings. The molecule has 0 fully saturated rings. The molecule has 6 heteroatoms. The molecule has 2 heterocycles. The Balaban J connectivity index is 1.93. The van der Waals surface area contributed by atoms with Gasteiger partial charge in [0.05, 0.1) is 11.1 Å². The van der Waals surface area contributed by atoms with E-state index in [1.54, 1.807) is 36.8 Å². The smallest absolute Gasteiger partial charge is 0.253 e. The lowest BCUT2D eigenvalue weighted by molar-refractivity contribution is 0.0941. The van der Waals surface area contributed by atoms with Crippen LogP contribution in [0.1, 0.15) is 27.6 Å². The number of fused-ring (bicyclic) bond motifs is 1. The lowest BCUT2D eigenvalue weighted by Crippen LogP contribution is -2.22. The minimum atomic E-state index is -0.255. The van der Waals surface area contributed by atoms with Crippen LogP contribution in [-0.2, 0) is 6.54 Å². The van der Waals surface area contributed by atoms with E-state index < -0.39 is 0 Å². The summed E-state index contributed by atoms with van der Waals surface area (Å²) in [5, 5.41) is 4.01. The molecule has 1 N–H and O–H groups in total. The van der Waals surface area contributed by atoms with Gasteiger partial charge in [0.1, 0.15) is 0 Å². The van der Waals surface area contributed by atoms with Crippen molar-refractivity contribution in [1.29, 1.82) is 0 Å². The van der Waals surface area contributed by atoms with Crippen molar-refractivity contribution in [3.63, 3.8) is 0 Å². The molecule has 23 heavy (non-hydrogen) atoms. The Bertz CT molecular complexity index is 887. The molecule has 1 amide bonds. The number of amides is 1. The van der Waals surface area contributed by atoms with Crippen LogP contribution in [0.4, 0.5) is 0 Å². The molecule has 1 aromatic carbocycles. The number of pyridine rings is 1. The van der Waals surface area contributed by atoms with Crippen molar-refractivity contribution >= 4 is 34.3 Å². The van der Waals surface area contributed by atoms with Crippen molar-refractivity contribution in [2.24, 2.45) is 0 Å². The molecule has 0 saturated heterocycles. The number of rotatable bonds is 3. The molecule has 3 rings (SSSR count). The normalized spacial score (nSPS) is 10.7. The van der Waals surface area contributed by atoms with Crippen molar-refractivity contribution in [1.82, 2.24) is 14.9 Å². The monoisotopic (exact) mass is 327 g/mol. The molecule has 0 atom stereocenters. The van der Waals surface area contributed by atoms with Gasteiger partial charge in [0, 0.05) is 42.5 Å². The highest BCUT2D eigenvalue weighted by Crippen LogP contribution is 2.25. The number of hydrogen-bond acceptors (Lipinski definition) is 3. The van der Waals surface area contributed by atoms with Crippen molar-refractivity contribution in [3.8, 4) is 0 Å². The first-order valence-corrected chi connectivity index (χ1v) is 7.42. The van der Waals surface area contributed by atoms with E-state index in [1.165, 1.54) is 11.5 Å². The summed E-state index contributed by atoms with van der Waals surface area (Å²) >= 11 is 6.02. The van der Waals surface area contributed by atoms with Gasteiger partial charge in [-0.05, 0) is 35.9 Å². The van der Waals surface area contributed by atoms with E-state index >= 15 is 0 Å². The maximum atomic E-state index is 12.5. The van der Waals surface area contributed by atoms with Gasteiger partial charge < -0.3 is 5.32 Å². The fourth-order valence-corrected chi connectivity index (χ4v) is 2.59. The van der Waals surface area contributed by atoms with Crippen LogP contribution in [0.2, 0.25) is 5.02 Å². The van der Waals surface area contributed by atoms with E-state index in [1.807, 2.05) is 12.1 Å². The number of nitrogens with one attached hydrogen (secondary N) is 1. The SMILES string of the molecule is CC(=O)n1cc(C(=O)NCc2ccncc2)c2cc(Cl)ccc21. The number of halogens is 1. The summed E-state index contributed by atoms with van der Waals surface area (Å²) < 4.78 is 1.45. The van der Waals surface area contributed by atoms with Crippen molar-refractivity contribution in [2.45, 2.75) is 13.5 Å². The van der Waals surface area contributed by atoms with Gasteiger partial charge in [-0.25, -0.2) is 0 Å². The molecule has 0 radical (unpaired) electrons. The second-order valence-corrected chi connectivity index (χ2v) is 5.57. The number of carbonyl (C=O) groups is 2. The third-order valence-corrected chi connectivity index (χ3v) is 3.79. The Hall–Kier alpha value is -2.66. The van der Waals surface area contributed by atoms with Crippen molar-refractivity contribution < 1.29 is 9.59 Å². The van der Waals surface area contributed by atoms with Crippen LogP contribution in [-0.4, -0.2) is 21.4 Å². The van der Waals surface area contributed by atoms with Crippen LogP contribution in [0.5, 0.6) is 0 Å². The standard InChI is InChI=1S/C17H14ClN3O2/c1-11(22)21-10-15(14-8-13(18)2-3-16(14)21)17(23)20-9-12-4-6-19-7-5-12/h2-8,10H,9H2,1H3,(H,20,23). The predicted molar refractivity (Wildman–Crippen MR) is 88.7 cm³/mol. The third kappa shape index (κ3) is 3.10. The van der Waals surface area contributed by atoms with Gasteiger partial charge in [0.25, 0.3) is 5.91 Å². The summed E-state index contributed by atoms with van der Waals surface area (Å²) in [5.41, 5.74) is 2.03. The van der Waals surface area contributed by atoms with Crippen LogP contribution in [0, 0.1) is 0 Å². The molecule has 116 valence electrons. The Labute approximate surface area is 137 Å². The van der Waals surface area contributed by atoms with Crippen molar-refractivity contribution in [2.75, 3.05) is 0 Å². The average Bonchev–Trinajstić information content (AvgIpc) is 2.92. The molecular weight excluding hydrogens is 314 g/mol. The summed E-state index contributed by atoms with van der Waals surface area (Å²) in [6.07, 6.45) is 4.89. The Morgan fingerprint density at radius 2 is 1.96 bits per heavy atom. The van der Waals surface area contributed by atoms with Crippen LogP contribution in [0.25, 0.3) is 10.9 Å². The van der Waals surface area contributed by atoms with Gasteiger partial charge in [-0.1, -0.05) is 11.6 Å². The minimum absolute atomic E-state index is 0.162. The Morgan fingerprint density at radius 3 is 2.65 bits per heavy atom. The predicted octanol–water partition coefficient (Wildman–Crippen LogP) is 3.28. The number of benzene rings is 1. The van der Waals surface area contributed by atoms with Gasteiger partial charge in [0.15, 0.2) is 0 Å². The molecule has 0 aliphatic carbocycles. The zero-order chi connectivity index (χ0) is 16.4. The first-order valence-electron chi connectivity index (χ1n) is 7.05. The van der Waals surface area contributed by atoms with E-state index in [9.17, 15) is 9.59 Å². The molecule has 0 aliphatic heterocycles. The molecule has 0 bridgehead atoms. The first kappa shape index (κ1) is 15.2. The number of nitrogens with zero attached hydrogens (tertiary/aromatic N) is 2. The fraction of sp³-hybridized carbons (Fsp3) is 0.118. The summed E-state index contributed by atoms with van der Waals surface area (Å²) in [7, 11) is 0. The number of carbonyl (C=O) groups excluding carboxylic acids is 2. The second-order valence-electron chi connectivity index (χ2n) is 5.13. The molecular formula is C17H14ClN3O2. The zero-order valence-electron chi connectivity index (χ0n) is 12.4. The molecule has 0 unspecified atom stereocenters. The summed E-state index contributed by atoms with van der Waals surface area (Å²) in [6.45, 7) is 1.83. The lowest BCUT2D eigenvalue weighted by atomic mass is 10.1. The van der Waals surface area contributed by atoms with E-state index in [-0.39, 0.29) is 11.8 Å². The lowest BCUT2D eigenvalue weighted by Gasteiger charge is -2.04. The average molecular weight is 328 g/mol. The summed E-state index contributed by atoms with van der Waals surface area (Å²) in [5.74, 6) is -0.417. The highest BCUT2D eigenvalue weighted by atomic mass is 35.5. The maximum absolute atomic E-state index is 12.5. The van der Waals surface area contributed by atoms with Crippen LogP contribution >= 0.6 is 11.6 Å². The van der Waals surface area contributed by atoms with Gasteiger partial charge >= 0.3 is 0 Å².